The third kappa shape index (κ3) is 2.97. The van der Waals surface area contributed by atoms with Gasteiger partial charge >= 0.3 is 0 Å². The van der Waals surface area contributed by atoms with Crippen LogP contribution in [0.25, 0.3) is 0 Å². The largest absolute Gasteiger partial charge is 0.355 e. The molecule has 0 bridgehead atoms. The van der Waals surface area contributed by atoms with Crippen LogP contribution in [0.4, 0.5) is 5.69 Å². The molecule has 0 aliphatic carbocycles. The zero-order chi connectivity index (χ0) is 14.8. The number of anilines is 1. The van der Waals surface area contributed by atoms with Crippen molar-refractivity contribution in [1.29, 1.82) is 0 Å². The molecule has 0 saturated carbocycles. The van der Waals surface area contributed by atoms with E-state index in [0.717, 1.165) is 29.3 Å². The van der Waals surface area contributed by atoms with Crippen molar-refractivity contribution in [2.24, 2.45) is 4.40 Å². The Morgan fingerprint density at radius 3 is 2.90 bits per heavy atom. The molecule has 0 spiro atoms. The lowest BCUT2D eigenvalue weighted by molar-refractivity contribution is 0.576. The fourth-order valence-corrected chi connectivity index (χ4v) is 3.10. The molecule has 0 fully saturated rings. The molecule has 0 saturated heterocycles. The van der Waals surface area contributed by atoms with E-state index in [0.29, 0.717) is 5.75 Å². The molecule has 1 aromatic rings. The second-order valence-corrected chi connectivity index (χ2v) is 6.26. The summed E-state index contributed by atoms with van der Waals surface area (Å²) in [6.07, 6.45) is 5.86. The summed E-state index contributed by atoms with van der Waals surface area (Å²) >= 11 is 0. The average Bonchev–Trinajstić information content (AvgIpc) is 2.49. The van der Waals surface area contributed by atoms with Gasteiger partial charge in [0.05, 0.1) is 5.75 Å². The quantitative estimate of drug-likeness (QED) is 0.933. The summed E-state index contributed by atoms with van der Waals surface area (Å²) in [6.45, 7) is 6.86. The number of hydrogen-bond acceptors (Lipinski definition) is 3. The number of nitrogens with zero attached hydrogens (tertiary/aromatic N) is 2. The fourth-order valence-electron chi connectivity index (χ4n) is 2.26. The van der Waals surface area contributed by atoms with Crippen molar-refractivity contribution in [3.05, 3.63) is 66.0 Å². The van der Waals surface area contributed by atoms with E-state index < -0.39 is 11.0 Å². The molecule has 2 heterocycles. The lowest BCUT2D eigenvalue weighted by Crippen LogP contribution is -2.37. The molecule has 5 heteroatoms. The summed E-state index contributed by atoms with van der Waals surface area (Å²) < 4.78 is 15.9. The van der Waals surface area contributed by atoms with E-state index >= 15 is 0 Å². The van der Waals surface area contributed by atoms with Gasteiger partial charge in [0, 0.05) is 29.7 Å². The Bertz CT molecular complexity index is 686. The summed E-state index contributed by atoms with van der Waals surface area (Å²) in [5.41, 5.74) is 3.83. The van der Waals surface area contributed by atoms with Gasteiger partial charge < -0.3 is 10.2 Å². The van der Waals surface area contributed by atoms with Gasteiger partial charge in [-0.1, -0.05) is 24.3 Å². The Hall–Kier alpha value is -2.14. The number of hydrogen-bond donors (Lipinski definition) is 1. The monoisotopic (exact) mass is 299 g/mol. The molecule has 2 aliphatic rings. The van der Waals surface area contributed by atoms with Gasteiger partial charge in [-0.25, -0.2) is 4.21 Å². The van der Waals surface area contributed by atoms with Crippen LogP contribution in [-0.4, -0.2) is 27.2 Å². The van der Waals surface area contributed by atoms with E-state index in [1.165, 1.54) is 5.56 Å². The number of fused-ring (bicyclic) bond motifs is 1. The summed E-state index contributed by atoms with van der Waals surface area (Å²) in [4.78, 5) is 2.01. The Balaban J connectivity index is 1.83. The molecule has 4 nitrogen and oxygen atoms in total. The molecular weight excluding hydrogens is 282 g/mol. The normalized spacial score (nSPS) is 20.4. The predicted molar refractivity (Wildman–Crippen MR) is 88.3 cm³/mol. The van der Waals surface area contributed by atoms with E-state index in [9.17, 15) is 4.21 Å². The maximum absolute atomic E-state index is 11.7. The topological polar surface area (TPSA) is 44.7 Å². The van der Waals surface area contributed by atoms with Crippen LogP contribution < -0.4 is 5.32 Å². The van der Waals surface area contributed by atoms with E-state index in [1.54, 1.807) is 0 Å². The third-order valence-corrected chi connectivity index (χ3v) is 4.32. The van der Waals surface area contributed by atoms with E-state index in [4.69, 9.17) is 0 Å². The van der Waals surface area contributed by atoms with Crippen LogP contribution in [0, 0.1) is 6.92 Å². The number of aryl methyl sites for hydroxylation is 1. The highest BCUT2D eigenvalue weighted by atomic mass is 32.2. The number of allylic oxidation sites excluding steroid dienone is 2. The maximum Gasteiger partial charge on any atom is 0.152 e. The number of benzene rings is 1. The highest BCUT2D eigenvalue weighted by molar-refractivity contribution is 7.83. The molecular formula is C16H17N3OS. The molecule has 21 heavy (non-hydrogen) atoms. The summed E-state index contributed by atoms with van der Waals surface area (Å²) in [5, 5.41) is 3.28. The fraction of sp³-hybridized carbons (Fsp3) is 0.188. The van der Waals surface area contributed by atoms with Crippen molar-refractivity contribution in [2.45, 2.75) is 6.92 Å². The second-order valence-electron chi connectivity index (χ2n) is 5.03. The van der Waals surface area contributed by atoms with Gasteiger partial charge in [0.1, 0.15) is 11.0 Å². The molecule has 0 amide bonds. The molecule has 108 valence electrons. The third-order valence-electron chi connectivity index (χ3n) is 3.41. The van der Waals surface area contributed by atoms with Gasteiger partial charge in [-0.15, -0.1) is 0 Å². The van der Waals surface area contributed by atoms with Gasteiger partial charge in [0.15, 0.2) is 5.84 Å². The van der Waals surface area contributed by atoms with Crippen molar-refractivity contribution in [2.75, 3.05) is 17.6 Å². The summed E-state index contributed by atoms with van der Waals surface area (Å²) in [5.74, 6) is 1.30. The summed E-state index contributed by atoms with van der Waals surface area (Å²) in [6, 6.07) is 8.12. The van der Waals surface area contributed by atoms with Crippen molar-refractivity contribution >= 4 is 22.5 Å². The van der Waals surface area contributed by atoms with Gasteiger partial charge in [0.2, 0.25) is 0 Å². The maximum atomic E-state index is 11.7. The minimum absolute atomic E-state index is 0.568. The molecule has 0 radical (unpaired) electrons. The van der Waals surface area contributed by atoms with Crippen LogP contribution in [0.5, 0.6) is 0 Å². The number of nitrogens with one attached hydrogen (secondary N) is 1. The lowest BCUT2D eigenvalue weighted by atomic mass is 10.1. The minimum atomic E-state index is -1.14. The Labute approximate surface area is 127 Å². The second kappa shape index (κ2) is 5.69. The van der Waals surface area contributed by atoms with Gasteiger partial charge in [0.25, 0.3) is 0 Å². The molecule has 1 unspecified atom stereocenters. The molecule has 2 aliphatic heterocycles. The van der Waals surface area contributed by atoms with Gasteiger partial charge in [-0.2, -0.15) is 4.40 Å². The van der Waals surface area contributed by atoms with Gasteiger partial charge in [-0.3, -0.25) is 0 Å². The van der Waals surface area contributed by atoms with Crippen molar-refractivity contribution in [3.8, 4) is 0 Å². The molecule has 0 aromatic heterocycles. The van der Waals surface area contributed by atoms with Crippen LogP contribution in [0.3, 0.4) is 0 Å². The van der Waals surface area contributed by atoms with Crippen molar-refractivity contribution < 1.29 is 4.21 Å². The Morgan fingerprint density at radius 1 is 1.38 bits per heavy atom. The van der Waals surface area contributed by atoms with Crippen molar-refractivity contribution in [3.63, 3.8) is 0 Å². The smallest absolute Gasteiger partial charge is 0.152 e. The standard InChI is InChI=1S/C16H17N3OS/c1-12-5-7-14(8-6-12)17-13(2)15-4-3-9-19-10-11-21(20)18-16(15)19/h3-9,17H,2,10-11H2,1H3. The van der Waals surface area contributed by atoms with E-state index in [-0.39, 0.29) is 0 Å². The highest BCUT2D eigenvalue weighted by Crippen LogP contribution is 2.22. The van der Waals surface area contributed by atoms with Crippen LogP contribution in [0.1, 0.15) is 5.56 Å². The molecule has 1 aromatic carbocycles. The van der Waals surface area contributed by atoms with Crippen LogP contribution in [-0.2, 0) is 11.0 Å². The lowest BCUT2D eigenvalue weighted by Gasteiger charge is -2.29. The summed E-state index contributed by atoms with van der Waals surface area (Å²) in [7, 11) is -1.14. The number of rotatable bonds is 3. The Morgan fingerprint density at radius 2 is 2.14 bits per heavy atom. The first-order chi connectivity index (χ1) is 10.1. The SMILES string of the molecule is C=C(Nc1ccc(C)cc1)C1=CC=CN2CCS(=O)N=C12. The highest BCUT2D eigenvalue weighted by Gasteiger charge is 2.24. The molecule has 1 atom stereocenters. The Kier molecular flexibility index (Phi) is 3.75. The number of amidine groups is 1. The molecule has 3 rings (SSSR count). The molecule has 1 N–H and O–H groups in total. The van der Waals surface area contributed by atoms with E-state index in [1.807, 2.05) is 47.5 Å². The first kappa shape index (κ1) is 13.8. The average molecular weight is 299 g/mol. The zero-order valence-electron chi connectivity index (χ0n) is 11.9. The van der Waals surface area contributed by atoms with Crippen LogP contribution >= 0.6 is 0 Å². The zero-order valence-corrected chi connectivity index (χ0v) is 12.7. The van der Waals surface area contributed by atoms with Crippen LogP contribution in [0.2, 0.25) is 0 Å². The van der Waals surface area contributed by atoms with Gasteiger partial charge in [-0.05, 0) is 31.2 Å². The van der Waals surface area contributed by atoms with Crippen LogP contribution in [0.15, 0.2) is 64.9 Å². The minimum Gasteiger partial charge on any atom is -0.355 e. The predicted octanol–water partition coefficient (Wildman–Crippen LogP) is 2.75. The first-order valence-electron chi connectivity index (χ1n) is 6.79. The van der Waals surface area contributed by atoms with E-state index in [2.05, 4.69) is 23.2 Å². The first-order valence-corrected chi connectivity index (χ1v) is 8.07. The van der Waals surface area contributed by atoms with Crippen molar-refractivity contribution in [1.82, 2.24) is 4.90 Å².